The number of ether oxygens (including phenoxy) is 2. The SMILES string of the molecule is COc1ccc(-c2ccnc3cc(C(=O)N4CCN(C(O)c5cccc(Cl)c5)[C@@H](C)C4)nn23)cc1OC. The minimum absolute atomic E-state index is 0.0656. The zero-order chi connectivity index (χ0) is 26.1. The molecule has 1 saturated heterocycles. The molecule has 10 heteroatoms. The maximum atomic E-state index is 13.4. The Morgan fingerprint density at radius 2 is 1.89 bits per heavy atom. The first-order chi connectivity index (χ1) is 17.9. The van der Waals surface area contributed by atoms with Gasteiger partial charge in [-0.25, -0.2) is 9.50 Å². The molecule has 0 radical (unpaired) electrons. The highest BCUT2D eigenvalue weighted by Gasteiger charge is 2.32. The number of fused-ring (bicyclic) bond motifs is 1. The molecule has 1 fully saturated rings. The van der Waals surface area contributed by atoms with E-state index in [0.717, 1.165) is 16.8 Å². The second-order valence-corrected chi connectivity index (χ2v) is 9.40. The minimum atomic E-state index is -0.797. The summed E-state index contributed by atoms with van der Waals surface area (Å²) >= 11 is 6.10. The molecule has 2 atom stereocenters. The average molecular weight is 522 g/mol. The van der Waals surface area contributed by atoms with Crippen LogP contribution in [0.3, 0.4) is 0 Å². The normalized spacial score (nSPS) is 17.1. The molecule has 0 spiro atoms. The van der Waals surface area contributed by atoms with Crippen molar-refractivity contribution in [2.75, 3.05) is 33.9 Å². The van der Waals surface area contributed by atoms with Gasteiger partial charge >= 0.3 is 0 Å². The molecule has 4 aromatic rings. The second kappa shape index (κ2) is 10.4. The van der Waals surface area contributed by atoms with Crippen LogP contribution in [-0.4, -0.2) is 75.3 Å². The highest BCUT2D eigenvalue weighted by atomic mass is 35.5. The van der Waals surface area contributed by atoms with E-state index in [2.05, 4.69) is 10.1 Å². The number of halogens is 1. The van der Waals surface area contributed by atoms with Crippen LogP contribution in [0.2, 0.25) is 5.02 Å². The van der Waals surface area contributed by atoms with Gasteiger partial charge in [0.15, 0.2) is 22.8 Å². The van der Waals surface area contributed by atoms with Crippen LogP contribution < -0.4 is 9.47 Å². The summed E-state index contributed by atoms with van der Waals surface area (Å²) in [6, 6.07) is 16.3. The van der Waals surface area contributed by atoms with Crippen LogP contribution in [0.4, 0.5) is 0 Å². The summed E-state index contributed by atoms with van der Waals surface area (Å²) in [6.07, 6.45) is 0.893. The first-order valence-corrected chi connectivity index (χ1v) is 12.3. The predicted molar refractivity (Wildman–Crippen MR) is 140 cm³/mol. The van der Waals surface area contributed by atoms with E-state index >= 15 is 0 Å². The number of hydrogen-bond donors (Lipinski definition) is 1. The lowest BCUT2D eigenvalue weighted by molar-refractivity contribution is -0.0519. The molecule has 2 aromatic carbocycles. The van der Waals surface area contributed by atoms with Crippen LogP contribution in [0.5, 0.6) is 11.5 Å². The Morgan fingerprint density at radius 3 is 2.62 bits per heavy atom. The van der Waals surface area contributed by atoms with Crippen molar-refractivity contribution in [3.05, 3.63) is 77.1 Å². The van der Waals surface area contributed by atoms with Gasteiger partial charge in [-0.15, -0.1) is 0 Å². The third kappa shape index (κ3) is 4.85. The molecule has 0 aliphatic carbocycles. The molecule has 3 heterocycles. The number of aromatic nitrogens is 3. The van der Waals surface area contributed by atoms with E-state index in [1.165, 1.54) is 0 Å². The lowest BCUT2D eigenvalue weighted by Crippen LogP contribution is -2.54. The van der Waals surface area contributed by atoms with Crippen molar-refractivity contribution in [1.82, 2.24) is 24.4 Å². The molecule has 0 saturated carbocycles. The summed E-state index contributed by atoms with van der Waals surface area (Å²) in [5.41, 5.74) is 3.24. The monoisotopic (exact) mass is 521 g/mol. The fourth-order valence-corrected chi connectivity index (χ4v) is 4.95. The van der Waals surface area contributed by atoms with Gasteiger partial charge in [0.2, 0.25) is 0 Å². The molecule has 1 N–H and O–H groups in total. The van der Waals surface area contributed by atoms with Crippen LogP contribution >= 0.6 is 11.6 Å². The number of aliphatic hydroxyl groups excluding tert-OH is 1. The van der Waals surface area contributed by atoms with Crippen LogP contribution in [0.15, 0.2) is 60.8 Å². The van der Waals surface area contributed by atoms with Gasteiger partial charge in [-0.2, -0.15) is 5.10 Å². The second-order valence-electron chi connectivity index (χ2n) is 8.97. The average Bonchev–Trinajstić information content (AvgIpc) is 3.36. The maximum absolute atomic E-state index is 13.4. The molecule has 1 aliphatic heterocycles. The Labute approximate surface area is 219 Å². The van der Waals surface area contributed by atoms with E-state index in [1.54, 1.807) is 48.0 Å². The maximum Gasteiger partial charge on any atom is 0.274 e. The molecular formula is C27H28ClN5O4. The lowest BCUT2D eigenvalue weighted by Gasteiger charge is -2.42. The first kappa shape index (κ1) is 25.0. The quantitative estimate of drug-likeness (QED) is 0.411. The van der Waals surface area contributed by atoms with E-state index in [0.29, 0.717) is 47.5 Å². The van der Waals surface area contributed by atoms with Gasteiger partial charge in [0.1, 0.15) is 6.23 Å². The molecule has 5 rings (SSSR count). The van der Waals surface area contributed by atoms with Gasteiger partial charge < -0.3 is 19.5 Å². The fourth-order valence-electron chi connectivity index (χ4n) is 4.75. The standard InChI is InChI=1S/C27H28ClN5O4/c1-17-16-31(11-12-32(17)26(34)19-5-4-6-20(28)13-19)27(35)21-15-25-29-10-9-22(33(25)30-21)18-7-8-23(36-2)24(14-18)37-3/h4-10,13-15,17,26,34H,11-12,16H2,1-3H3/t17-,26?/m0/s1. The third-order valence-corrected chi connectivity index (χ3v) is 6.92. The number of methoxy groups -OCH3 is 2. The largest absolute Gasteiger partial charge is 0.493 e. The molecule has 0 bridgehead atoms. The summed E-state index contributed by atoms with van der Waals surface area (Å²) in [4.78, 5) is 21.6. The predicted octanol–water partition coefficient (Wildman–Crippen LogP) is 3.90. The lowest BCUT2D eigenvalue weighted by atomic mass is 10.1. The topological polar surface area (TPSA) is 92.4 Å². The number of aliphatic hydroxyl groups is 1. The van der Waals surface area contributed by atoms with E-state index in [-0.39, 0.29) is 11.9 Å². The minimum Gasteiger partial charge on any atom is -0.493 e. The number of rotatable bonds is 6. The first-order valence-electron chi connectivity index (χ1n) is 12.0. The van der Waals surface area contributed by atoms with E-state index in [1.807, 2.05) is 48.2 Å². The zero-order valence-corrected chi connectivity index (χ0v) is 21.6. The number of nitrogens with zero attached hydrogens (tertiary/aromatic N) is 5. The van der Waals surface area contributed by atoms with E-state index in [9.17, 15) is 9.90 Å². The molecule has 1 aliphatic rings. The van der Waals surface area contributed by atoms with Gasteiger partial charge in [0, 0.05) is 48.5 Å². The van der Waals surface area contributed by atoms with Gasteiger partial charge in [0.25, 0.3) is 5.91 Å². The van der Waals surface area contributed by atoms with Crippen LogP contribution in [-0.2, 0) is 0 Å². The van der Waals surface area contributed by atoms with Crippen molar-refractivity contribution in [3.8, 4) is 22.8 Å². The summed E-state index contributed by atoms with van der Waals surface area (Å²) in [5.74, 6) is 1.05. The van der Waals surface area contributed by atoms with Gasteiger partial charge in [-0.3, -0.25) is 9.69 Å². The van der Waals surface area contributed by atoms with Gasteiger partial charge in [-0.1, -0.05) is 23.7 Å². The molecule has 1 unspecified atom stereocenters. The number of piperazine rings is 1. The van der Waals surface area contributed by atoms with Crippen molar-refractivity contribution in [1.29, 1.82) is 0 Å². The summed E-state index contributed by atoms with van der Waals surface area (Å²) < 4.78 is 12.5. The Kier molecular flexibility index (Phi) is 7.01. The van der Waals surface area contributed by atoms with E-state index < -0.39 is 6.23 Å². The zero-order valence-electron chi connectivity index (χ0n) is 20.8. The Morgan fingerprint density at radius 1 is 1.08 bits per heavy atom. The van der Waals surface area contributed by atoms with Crippen LogP contribution in [0, 0.1) is 0 Å². The molecule has 2 aromatic heterocycles. The number of benzene rings is 2. The highest BCUT2D eigenvalue weighted by Crippen LogP contribution is 2.32. The van der Waals surface area contributed by atoms with Gasteiger partial charge in [0.05, 0.1) is 19.9 Å². The van der Waals surface area contributed by atoms with Gasteiger partial charge in [-0.05, 0) is 48.9 Å². The van der Waals surface area contributed by atoms with Crippen molar-refractivity contribution in [2.24, 2.45) is 0 Å². The number of hydrogen-bond acceptors (Lipinski definition) is 7. The third-order valence-electron chi connectivity index (χ3n) is 6.68. The Bertz CT molecular complexity index is 1440. The smallest absolute Gasteiger partial charge is 0.274 e. The summed E-state index contributed by atoms with van der Waals surface area (Å²) in [7, 11) is 3.18. The van der Waals surface area contributed by atoms with Crippen LogP contribution in [0.25, 0.3) is 16.9 Å². The Balaban J connectivity index is 1.36. The van der Waals surface area contributed by atoms with Crippen molar-refractivity contribution < 1.29 is 19.4 Å². The number of carbonyl (C=O) groups is 1. The Hall–Kier alpha value is -3.66. The van der Waals surface area contributed by atoms with Crippen molar-refractivity contribution in [2.45, 2.75) is 19.2 Å². The summed E-state index contributed by atoms with van der Waals surface area (Å²) in [5, 5.41) is 16.1. The molecule has 1 amide bonds. The molecular weight excluding hydrogens is 494 g/mol. The van der Waals surface area contributed by atoms with Crippen molar-refractivity contribution >= 4 is 23.2 Å². The molecule has 9 nitrogen and oxygen atoms in total. The molecule has 192 valence electrons. The summed E-state index contributed by atoms with van der Waals surface area (Å²) in [6.45, 7) is 3.43. The number of carbonyl (C=O) groups excluding carboxylic acids is 1. The molecule has 37 heavy (non-hydrogen) atoms. The van der Waals surface area contributed by atoms with E-state index in [4.69, 9.17) is 21.1 Å². The van der Waals surface area contributed by atoms with Crippen LogP contribution in [0.1, 0.15) is 29.2 Å². The van der Waals surface area contributed by atoms with Crippen molar-refractivity contribution in [3.63, 3.8) is 0 Å². The fraction of sp³-hybridized carbons (Fsp3) is 0.296. The number of amides is 1. The highest BCUT2D eigenvalue weighted by molar-refractivity contribution is 6.30.